The van der Waals surface area contributed by atoms with Gasteiger partial charge in [-0.2, -0.15) is 4.31 Å². The quantitative estimate of drug-likeness (QED) is 0.490. The third kappa shape index (κ3) is 4.64. The third-order valence-electron chi connectivity index (χ3n) is 5.51. The topological polar surface area (TPSA) is 57.7 Å². The summed E-state index contributed by atoms with van der Waals surface area (Å²) in [4.78, 5) is 14.9. The Kier molecular flexibility index (Phi) is 6.34. The fraction of sp³-hybridized carbons (Fsp3) is 0.261. The highest BCUT2D eigenvalue weighted by Crippen LogP contribution is 2.23. The SMILES string of the molecule is O=C(CCN1CCN(S(=O)(=O)c2ccc3ccccc3c2)CC1)c1ccc(Br)cc1. The molecule has 1 saturated heterocycles. The van der Waals surface area contributed by atoms with Crippen molar-refractivity contribution in [3.05, 3.63) is 76.8 Å². The van der Waals surface area contributed by atoms with Crippen LogP contribution < -0.4 is 0 Å². The van der Waals surface area contributed by atoms with Crippen LogP contribution in [-0.2, 0) is 10.0 Å². The first-order valence-corrected chi connectivity index (χ1v) is 12.2. The lowest BCUT2D eigenvalue weighted by Crippen LogP contribution is -2.48. The summed E-state index contributed by atoms with van der Waals surface area (Å²) in [7, 11) is -3.52. The van der Waals surface area contributed by atoms with Gasteiger partial charge in [-0.3, -0.25) is 4.79 Å². The number of halogens is 1. The summed E-state index contributed by atoms with van der Waals surface area (Å²) < 4.78 is 28.6. The van der Waals surface area contributed by atoms with Crippen molar-refractivity contribution in [2.75, 3.05) is 32.7 Å². The zero-order chi connectivity index (χ0) is 21.1. The van der Waals surface area contributed by atoms with E-state index in [0.717, 1.165) is 15.2 Å². The van der Waals surface area contributed by atoms with Gasteiger partial charge >= 0.3 is 0 Å². The number of sulfonamides is 1. The zero-order valence-corrected chi connectivity index (χ0v) is 18.9. The Morgan fingerprint density at radius 1 is 0.867 bits per heavy atom. The van der Waals surface area contributed by atoms with E-state index in [-0.39, 0.29) is 5.78 Å². The first-order chi connectivity index (χ1) is 14.4. The number of carbonyl (C=O) groups excluding carboxylic acids is 1. The van der Waals surface area contributed by atoms with Gasteiger partial charge in [-0.1, -0.05) is 58.4 Å². The lowest BCUT2D eigenvalue weighted by Gasteiger charge is -2.33. The summed E-state index contributed by atoms with van der Waals surface area (Å²) in [6.07, 6.45) is 0.430. The van der Waals surface area contributed by atoms with E-state index in [1.807, 2.05) is 54.6 Å². The van der Waals surface area contributed by atoms with Crippen LogP contribution in [0.1, 0.15) is 16.8 Å². The molecule has 0 atom stereocenters. The first kappa shape index (κ1) is 21.2. The third-order valence-corrected chi connectivity index (χ3v) is 7.93. The van der Waals surface area contributed by atoms with E-state index in [4.69, 9.17) is 0 Å². The van der Waals surface area contributed by atoms with Crippen LogP contribution in [0.3, 0.4) is 0 Å². The molecule has 1 fully saturated rings. The minimum Gasteiger partial charge on any atom is -0.300 e. The molecule has 3 aromatic carbocycles. The Hall–Kier alpha value is -2.06. The van der Waals surface area contributed by atoms with Crippen LogP contribution in [0.5, 0.6) is 0 Å². The average Bonchev–Trinajstić information content (AvgIpc) is 2.78. The van der Waals surface area contributed by atoms with Crippen molar-refractivity contribution < 1.29 is 13.2 Å². The standard InChI is InChI=1S/C23H23BrN2O3S/c24-21-8-5-19(6-9-21)23(27)11-12-25-13-15-26(16-14-25)30(28,29)22-10-7-18-3-1-2-4-20(18)17-22/h1-10,17H,11-16H2. The van der Waals surface area contributed by atoms with Crippen molar-refractivity contribution in [2.45, 2.75) is 11.3 Å². The molecule has 30 heavy (non-hydrogen) atoms. The predicted octanol–water partition coefficient (Wildman–Crippen LogP) is 4.18. The molecule has 0 aliphatic carbocycles. The van der Waals surface area contributed by atoms with Crippen LogP contribution in [0.2, 0.25) is 0 Å². The number of ketones is 1. The van der Waals surface area contributed by atoms with Gasteiger partial charge in [0.1, 0.15) is 0 Å². The van der Waals surface area contributed by atoms with Gasteiger partial charge in [0.25, 0.3) is 0 Å². The highest BCUT2D eigenvalue weighted by Gasteiger charge is 2.28. The molecule has 156 valence electrons. The average molecular weight is 487 g/mol. The smallest absolute Gasteiger partial charge is 0.243 e. The molecule has 5 nitrogen and oxygen atoms in total. The van der Waals surface area contributed by atoms with Crippen molar-refractivity contribution in [3.63, 3.8) is 0 Å². The normalized spacial score (nSPS) is 16.0. The van der Waals surface area contributed by atoms with Crippen LogP contribution in [0.25, 0.3) is 10.8 Å². The van der Waals surface area contributed by atoms with Crippen molar-refractivity contribution >= 4 is 42.5 Å². The largest absolute Gasteiger partial charge is 0.300 e. The Balaban J connectivity index is 1.35. The Bertz CT molecular complexity index is 1150. The van der Waals surface area contributed by atoms with Gasteiger partial charge in [0.05, 0.1) is 4.90 Å². The predicted molar refractivity (Wildman–Crippen MR) is 122 cm³/mol. The summed E-state index contributed by atoms with van der Waals surface area (Å²) in [5.41, 5.74) is 0.704. The molecular weight excluding hydrogens is 464 g/mol. The minimum atomic E-state index is -3.52. The second-order valence-corrected chi connectivity index (χ2v) is 10.3. The van der Waals surface area contributed by atoms with Crippen molar-refractivity contribution in [1.29, 1.82) is 0 Å². The van der Waals surface area contributed by atoms with Crippen LogP contribution in [0, 0.1) is 0 Å². The molecule has 0 N–H and O–H groups in total. The molecule has 0 saturated carbocycles. The van der Waals surface area contributed by atoms with E-state index >= 15 is 0 Å². The molecule has 0 radical (unpaired) electrons. The molecule has 1 aliphatic heterocycles. The summed E-state index contributed by atoms with van der Waals surface area (Å²) in [6.45, 7) is 2.75. The van der Waals surface area contributed by atoms with Gasteiger partial charge in [0.2, 0.25) is 10.0 Å². The number of piperazine rings is 1. The first-order valence-electron chi connectivity index (χ1n) is 9.93. The van der Waals surface area contributed by atoms with E-state index in [1.54, 1.807) is 16.4 Å². The number of hydrogen-bond acceptors (Lipinski definition) is 4. The maximum absolute atomic E-state index is 13.1. The van der Waals surface area contributed by atoms with Gasteiger partial charge < -0.3 is 4.90 Å². The fourth-order valence-electron chi connectivity index (χ4n) is 3.71. The van der Waals surface area contributed by atoms with E-state index in [2.05, 4.69) is 20.8 Å². The van der Waals surface area contributed by atoms with E-state index < -0.39 is 10.0 Å². The van der Waals surface area contributed by atoms with E-state index in [9.17, 15) is 13.2 Å². The molecule has 0 aromatic heterocycles. The summed E-state index contributed by atoms with van der Waals surface area (Å²) in [6, 6.07) is 20.4. The lowest BCUT2D eigenvalue weighted by atomic mass is 10.1. The number of carbonyl (C=O) groups is 1. The minimum absolute atomic E-state index is 0.105. The molecule has 1 heterocycles. The summed E-state index contributed by atoms with van der Waals surface area (Å²) in [5.74, 6) is 0.105. The van der Waals surface area contributed by atoms with Gasteiger partial charge in [-0.25, -0.2) is 8.42 Å². The number of Topliss-reactive ketones (excluding diaryl/α,β-unsaturated/α-hetero) is 1. The van der Waals surface area contributed by atoms with Crippen LogP contribution in [0.15, 0.2) is 76.1 Å². The zero-order valence-electron chi connectivity index (χ0n) is 16.5. The summed E-state index contributed by atoms with van der Waals surface area (Å²) >= 11 is 3.37. The van der Waals surface area contributed by atoms with Crippen molar-refractivity contribution in [3.8, 4) is 0 Å². The number of hydrogen-bond donors (Lipinski definition) is 0. The lowest BCUT2D eigenvalue weighted by molar-refractivity contribution is 0.0952. The van der Waals surface area contributed by atoms with E-state index in [1.165, 1.54) is 0 Å². The van der Waals surface area contributed by atoms with Crippen molar-refractivity contribution in [2.24, 2.45) is 0 Å². The molecular formula is C23H23BrN2O3S. The monoisotopic (exact) mass is 486 g/mol. The van der Waals surface area contributed by atoms with Gasteiger partial charge in [-0.15, -0.1) is 0 Å². The Morgan fingerprint density at radius 2 is 1.53 bits per heavy atom. The van der Waals surface area contributed by atoms with Gasteiger partial charge in [-0.05, 0) is 35.0 Å². The fourth-order valence-corrected chi connectivity index (χ4v) is 5.43. The number of rotatable bonds is 6. The maximum atomic E-state index is 13.1. The van der Waals surface area contributed by atoms with Crippen LogP contribution >= 0.6 is 15.9 Å². The molecule has 7 heteroatoms. The molecule has 0 amide bonds. The van der Waals surface area contributed by atoms with Gasteiger partial charge in [0, 0.05) is 49.2 Å². The van der Waals surface area contributed by atoms with Crippen LogP contribution in [-0.4, -0.2) is 56.1 Å². The van der Waals surface area contributed by atoms with Crippen LogP contribution in [0.4, 0.5) is 0 Å². The number of benzene rings is 3. The maximum Gasteiger partial charge on any atom is 0.243 e. The second-order valence-electron chi connectivity index (χ2n) is 7.43. The number of nitrogens with zero attached hydrogens (tertiary/aromatic N) is 2. The second kappa shape index (κ2) is 8.98. The molecule has 0 spiro atoms. The van der Waals surface area contributed by atoms with Crippen molar-refractivity contribution in [1.82, 2.24) is 9.21 Å². The molecule has 4 rings (SSSR count). The molecule has 1 aliphatic rings. The Morgan fingerprint density at radius 3 is 2.23 bits per heavy atom. The highest BCUT2D eigenvalue weighted by atomic mass is 79.9. The van der Waals surface area contributed by atoms with Gasteiger partial charge in [0.15, 0.2) is 5.78 Å². The molecule has 3 aromatic rings. The highest BCUT2D eigenvalue weighted by molar-refractivity contribution is 9.10. The molecule has 0 unspecified atom stereocenters. The molecule has 0 bridgehead atoms. The Labute approximate surface area is 185 Å². The van der Waals surface area contributed by atoms with E-state index in [0.29, 0.717) is 49.6 Å². The summed E-state index contributed by atoms with van der Waals surface area (Å²) in [5, 5.41) is 1.94. The number of fused-ring (bicyclic) bond motifs is 1.